The summed E-state index contributed by atoms with van der Waals surface area (Å²) >= 11 is 0. The van der Waals surface area contributed by atoms with E-state index in [9.17, 15) is 9.18 Å². The van der Waals surface area contributed by atoms with Crippen LogP contribution in [-0.2, 0) is 4.79 Å². The van der Waals surface area contributed by atoms with Crippen LogP contribution < -0.4 is 5.32 Å². The van der Waals surface area contributed by atoms with Gasteiger partial charge in [-0.1, -0.05) is 12.5 Å². The van der Waals surface area contributed by atoms with E-state index >= 15 is 0 Å². The minimum Gasteiger partial charge on any atom is -0.396 e. The minimum absolute atomic E-state index is 0.131. The van der Waals surface area contributed by atoms with Crippen molar-refractivity contribution in [2.24, 2.45) is 0 Å². The number of halogens is 1. The summed E-state index contributed by atoms with van der Waals surface area (Å²) in [5.41, 5.74) is 1.37. The second-order valence-corrected chi connectivity index (χ2v) is 5.64. The molecule has 21 heavy (non-hydrogen) atoms. The molecule has 0 unspecified atom stereocenters. The van der Waals surface area contributed by atoms with Crippen LogP contribution in [0.2, 0.25) is 0 Å². The quantitative estimate of drug-likeness (QED) is 0.811. The SMILES string of the molecule is Cc1ccc(F)cc1NC(=O)CN(CCCO)C1CCC1. The van der Waals surface area contributed by atoms with E-state index in [0.29, 0.717) is 24.7 Å². The van der Waals surface area contributed by atoms with Gasteiger partial charge in [0.25, 0.3) is 0 Å². The summed E-state index contributed by atoms with van der Waals surface area (Å²) in [6.07, 6.45) is 4.09. The first kappa shape index (κ1) is 15.9. The molecule has 4 nitrogen and oxygen atoms in total. The van der Waals surface area contributed by atoms with Crippen molar-refractivity contribution in [2.75, 3.05) is 25.0 Å². The van der Waals surface area contributed by atoms with Crippen LogP contribution >= 0.6 is 0 Å². The van der Waals surface area contributed by atoms with Gasteiger partial charge < -0.3 is 10.4 Å². The van der Waals surface area contributed by atoms with E-state index in [4.69, 9.17) is 5.11 Å². The maximum Gasteiger partial charge on any atom is 0.238 e. The Morgan fingerprint density at radius 3 is 2.86 bits per heavy atom. The number of hydrogen-bond acceptors (Lipinski definition) is 3. The van der Waals surface area contributed by atoms with Gasteiger partial charge in [-0.25, -0.2) is 4.39 Å². The van der Waals surface area contributed by atoms with Gasteiger partial charge >= 0.3 is 0 Å². The van der Waals surface area contributed by atoms with E-state index in [1.54, 1.807) is 6.07 Å². The number of benzene rings is 1. The van der Waals surface area contributed by atoms with Gasteiger partial charge in [-0.05, 0) is 43.9 Å². The summed E-state index contributed by atoms with van der Waals surface area (Å²) in [7, 11) is 0. The van der Waals surface area contributed by atoms with Crippen molar-refractivity contribution in [1.29, 1.82) is 0 Å². The molecule has 116 valence electrons. The van der Waals surface area contributed by atoms with Crippen LogP contribution in [0.4, 0.5) is 10.1 Å². The second kappa shape index (κ2) is 7.52. The summed E-state index contributed by atoms with van der Waals surface area (Å²) in [6.45, 7) is 2.98. The molecular weight excluding hydrogens is 271 g/mol. The second-order valence-electron chi connectivity index (χ2n) is 5.64. The van der Waals surface area contributed by atoms with Crippen molar-refractivity contribution in [3.05, 3.63) is 29.6 Å². The van der Waals surface area contributed by atoms with Crippen molar-refractivity contribution in [3.63, 3.8) is 0 Å². The summed E-state index contributed by atoms with van der Waals surface area (Å²) in [5.74, 6) is -0.486. The van der Waals surface area contributed by atoms with E-state index in [1.807, 2.05) is 6.92 Å². The zero-order chi connectivity index (χ0) is 15.2. The molecule has 0 heterocycles. The fourth-order valence-corrected chi connectivity index (χ4v) is 2.52. The van der Waals surface area contributed by atoms with E-state index < -0.39 is 0 Å². The van der Waals surface area contributed by atoms with Crippen LogP contribution in [0, 0.1) is 12.7 Å². The Morgan fingerprint density at radius 2 is 2.24 bits per heavy atom. The van der Waals surface area contributed by atoms with Crippen molar-refractivity contribution in [1.82, 2.24) is 4.90 Å². The Morgan fingerprint density at radius 1 is 1.48 bits per heavy atom. The molecule has 1 aromatic carbocycles. The maximum atomic E-state index is 13.2. The molecule has 2 N–H and O–H groups in total. The summed E-state index contributed by atoms with van der Waals surface area (Å²) < 4.78 is 13.2. The van der Waals surface area contributed by atoms with Crippen LogP contribution in [0.15, 0.2) is 18.2 Å². The number of hydrogen-bond donors (Lipinski definition) is 2. The zero-order valence-electron chi connectivity index (χ0n) is 12.4. The molecule has 1 saturated carbocycles. The van der Waals surface area contributed by atoms with Crippen molar-refractivity contribution >= 4 is 11.6 Å². The summed E-state index contributed by atoms with van der Waals surface area (Å²) in [5, 5.41) is 11.7. The Labute approximate surface area is 125 Å². The van der Waals surface area contributed by atoms with Crippen molar-refractivity contribution in [3.8, 4) is 0 Å². The van der Waals surface area contributed by atoms with Gasteiger partial charge in [0.15, 0.2) is 0 Å². The first-order valence-electron chi connectivity index (χ1n) is 7.51. The Balaban J connectivity index is 1.93. The fourth-order valence-electron chi connectivity index (χ4n) is 2.52. The molecular formula is C16H23FN2O2. The Kier molecular flexibility index (Phi) is 5.70. The van der Waals surface area contributed by atoms with Crippen molar-refractivity contribution < 1.29 is 14.3 Å². The van der Waals surface area contributed by atoms with Gasteiger partial charge in [0.05, 0.1) is 6.54 Å². The van der Waals surface area contributed by atoms with Gasteiger partial charge in [-0.15, -0.1) is 0 Å². The highest BCUT2D eigenvalue weighted by Crippen LogP contribution is 2.25. The molecule has 0 radical (unpaired) electrons. The predicted molar refractivity (Wildman–Crippen MR) is 80.7 cm³/mol. The number of nitrogens with zero attached hydrogens (tertiary/aromatic N) is 1. The van der Waals surface area contributed by atoms with E-state index in [1.165, 1.54) is 18.6 Å². The average Bonchev–Trinajstić information content (AvgIpc) is 2.38. The van der Waals surface area contributed by atoms with Gasteiger partial charge in [-0.2, -0.15) is 0 Å². The molecule has 1 amide bonds. The monoisotopic (exact) mass is 294 g/mol. The number of rotatable bonds is 7. The maximum absolute atomic E-state index is 13.2. The molecule has 1 aromatic rings. The number of carbonyl (C=O) groups is 1. The fraction of sp³-hybridized carbons (Fsp3) is 0.562. The summed E-state index contributed by atoms with van der Waals surface area (Å²) in [4.78, 5) is 14.3. The van der Waals surface area contributed by atoms with E-state index in [-0.39, 0.29) is 18.3 Å². The third-order valence-electron chi connectivity index (χ3n) is 4.01. The standard InChI is InChI=1S/C16H23FN2O2/c1-12-6-7-13(17)10-15(12)18-16(21)11-19(8-3-9-20)14-4-2-5-14/h6-7,10,14,20H,2-5,8-9,11H2,1H3,(H,18,21). The highest BCUT2D eigenvalue weighted by Gasteiger charge is 2.26. The number of anilines is 1. The van der Waals surface area contributed by atoms with Gasteiger partial charge in [0, 0.05) is 24.9 Å². The first-order valence-corrected chi connectivity index (χ1v) is 7.51. The molecule has 5 heteroatoms. The molecule has 0 spiro atoms. The number of aliphatic hydroxyl groups excluding tert-OH is 1. The Hall–Kier alpha value is -1.46. The van der Waals surface area contributed by atoms with Crippen molar-refractivity contribution in [2.45, 2.75) is 38.6 Å². The molecule has 0 atom stereocenters. The lowest BCUT2D eigenvalue weighted by molar-refractivity contribution is -0.118. The van der Waals surface area contributed by atoms with Gasteiger partial charge in [0.1, 0.15) is 5.82 Å². The Bertz CT molecular complexity index is 489. The largest absolute Gasteiger partial charge is 0.396 e. The smallest absolute Gasteiger partial charge is 0.238 e. The average molecular weight is 294 g/mol. The molecule has 1 fully saturated rings. The highest BCUT2D eigenvalue weighted by atomic mass is 19.1. The molecule has 0 aliphatic heterocycles. The lowest BCUT2D eigenvalue weighted by atomic mass is 9.91. The van der Waals surface area contributed by atoms with Crippen LogP contribution in [0.25, 0.3) is 0 Å². The predicted octanol–water partition coefficient (Wildman–Crippen LogP) is 2.31. The normalized spacial score (nSPS) is 15.0. The van der Waals surface area contributed by atoms with Crippen LogP contribution in [0.1, 0.15) is 31.2 Å². The lowest BCUT2D eigenvalue weighted by Crippen LogP contribution is -2.45. The van der Waals surface area contributed by atoms with Gasteiger partial charge in [0.2, 0.25) is 5.91 Å². The van der Waals surface area contributed by atoms with Crippen LogP contribution in [-0.4, -0.2) is 41.7 Å². The highest BCUT2D eigenvalue weighted by molar-refractivity contribution is 5.93. The third-order valence-corrected chi connectivity index (χ3v) is 4.01. The number of aliphatic hydroxyl groups is 1. The molecule has 1 aliphatic carbocycles. The van der Waals surface area contributed by atoms with Gasteiger partial charge in [-0.3, -0.25) is 9.69 Å². The van der Waals surface area contributed by atoms with E-state index in [2.05, 4.69) is 10.2 Å². The van der Waals surface area contributed by atoms with E-state index in [0.717, 1.165) is 24.9 Å². The molecule has 1 aliphatic rings. The first-order chi connectivity index (χ1) is 10.1. The molecule has 0 bridgehead atoms. The number of amides is 1. The van der Waals surface area contributed by atoms with Crippen LogP contribution in [0.3, 0.4) is 0 Å². The number of nitrogens with one attached hydrogen (secondary N) is 1. The molecule has 0 saturated heterocycles. The molecule has 2 rings (SSSR count). The minimum atomic E-state index is -0.355. The topological polar surface area (TPSA) is 52.6 Å². The molecule has 0 aromatic heterocycles. The third kappa shape index (κ3) is 4.51. The lowest BCUT2D eigenvalue weighted by Gasteiger charge is -2.37. The number of carbonyl (C=O) groups excluding carboxylic acids is 1. The van der Waals surface area contributed by atoms with Crippen LogP contribution in [0.5, 0.6) is 0 Å². The number of aryl methyl sites for hydroxylation is 1. The summed E-state index contributed by atoms with van der Waals surface area (Å²) in [6, 6.07) is 4.82. The zero-order valence-corrected chi connectivity index (χ0v) is 12.4.